The number of nitrogens with zero attached hydrogens (tertiary/aromatic N) is 1. The molecule has 1 aromatic heterocycles. The summed E-state index contributed by atoms with van der Waals surface area (Å²) in [6.45, 7) is 0. The second-order valence-corrected chi connectivity index (χ2v) is 6.07. The number of amides is 1. The molecule has 1 amide bonds. The standard InChI is InChI=1S/C12H5BrCl4N2O/c13-6-1-2-8(11(17)10(6)16)19-12(20)5-3-9(15)18-4-7(5)14/h1-4H,(H,19,20). The van der Waals surface area contributed by atoms with Gasteiger partial charge in [-0.2, -0.15) is 0 Å². The number of anilines is 1. The van der Waals surface area contributed by atoms with E-state index >= 15 is 0 Å². The highest BCUT2D eigenvalue weighted by molar-refractivity contribution is 9.10. The van der Waals surface area contributed by atoms with Gasteiger partial charge in [0.2, 0.25) is 0 Å². The number of carbonyl (C=O) groups is 1. The Labute approximate surface area is 143 Å². The zero-order valence-corrected chi connectivity index (χ0v) is 14.2. The van der Waals surface area contributed by atoms with E-state index in [4.69, 9.17) is 46.4 Å². The second-order valence-electron chi connectivity index (χ2n) is 3.66. The number of hydrogen-bond donors (Lipinski definition) is 1. The molecular formula is C12H5BrCl4N2O. The molecule has 1 aromatic carbocycles. The Morgan fingerprint density at radius 1 is 1.15 bits per heavy atom. The minimum absolute atomic E-state index is 0.166. The molecular weight excluding hydrogens is 410 g/mol. The third-order valence-electron chi connectivity index (χ3n) is 2.35. The van der Waals surface area contributed by atoms with Crippen LogP contribution in [0.2, 0.25) is 20.2 Å². The quantitative estimate of drug-likeness (QED) is 0.505. The molecule has 0 bridgehead atoms. The number of pyridine rings is 1. The van der Waals surface area contributed by atoms with Gasteiger partial charge < -0.3 is 5.32 Å². The zero-order chi connectivity index (χ0) is 14.9. The smallest absolute Gasteiger partial charge is 0.257 e. The van der Waals surface area contributed by atoms with Gasteiger partial charge in [-0.1, -0.05) is 46.4 Å². The van der Waals surface area contributed by atoms with Crippen LogP contribution in [0.1, 0.15) is 10.4 Å². The van der Waals surface area contributed by atoms with E-state index in [-0.39, 0.29) is 20.8 Å². The first-order chi connectivity index (χ1) is 9.40. The highest BCUT2D eigenvalue weighted by Gasteiger charge is 2.15. The lowest BCUT2D eigenvalue weighted by molar-refractivity contribution is 0.102. The Hall–Kier alpha value is -0.520. The molecule has 8 heteroatoms. The molecule has 0 radical (unpaired) electrons. The highest BCUT2D eigenvalue weighted by Crippen LogP contribution is 2.36. The fourth-order valence-electron chi connectivity index (χ4n) is 1.40. The van der Waals surface area contributed by atoms with Crippen LogP contribution in [0.15, 0.2) is 28.9 Å². The SMILES string of the molecule is O=C(Nc1ccc(Br)c(Cl)c1Cl)c1cc(Cl)ncc1Cl. The molecule has 2 aromatic rings. The van der Waals surface area contributed by atoms with Gasteiger partial charge in [0.1, 0.15) is 5.15 Å². The van der Waals surface area contributed by atoms with E-state index in [0.717, 1.165) is 0 Å². The number of carbonyl (C=O) groups excluding carboxylic acids is 1. The largest absolute Gasteiger partial charge is 0.321 e. The third kappa shape index (κ3) is 3.38. The topological polar surface area (TPSA) is 42.0 Å². The number of nitrogens with one attached hydrogen (secondary N) is 1. The number of hydrogen-bond acceptors (Lipinski definition) is 2. The van der Waals surface area contributed by atoms with Gasteiger partial charge in [-0.15, -0.1) is 0 Å². The third-order valence-corrected chi connectivity index (χ3v) is 4.63. The lowest BCUT2D eigenvalue weighted by Gasteiger charge is -2.10. The molecule has 1 heterocycles. The molecule has 0 saturated carbocycles. The Kier molecular flexibility index (Phi) is 5.15. The van der Waals surface area contributed by atoms with Crippen LogP contribution in [-0.4, -0.2) is 10.9 Å². The van der Waals surface area contributed by atoms with Crippen LogP contribution in [-0.2, 0) is 0 Å². The van der Waals surface area contributed by atoms with Gasteiger partial charge >= 0.3 is 0 Å². The summed E-state index contributed by atoms with van der Waals surface area (Å²) < 4.78 is 0.632. The normalized spacial score (nSPS) is 10.4. The van der Waals surface area contributed by atoms with Gasteiger partial charge in [0.15, 0.2) is 0 Å². The summed E-state index contributed by atoms with van der Waals surface area (Å²) in [5.41, 5.74) is 0.565. The summed E-state index contributed by atoms with van der Waals surface area (Å²) >= 11 is 26.9. The second kappa shape index (κ2) is 6.50. The van der Waals surface area contributed by atoms with Crippen molar-refractivity contribution in [1.82, 2.24) is 4.98 Å². The van der Waals surface area contributed by atoms with Crippen LogP contribution >= 0.6 is 62.3 Å². The fraction of sp³-hybridized carbons (Fsp3) is 0. The molecule has 3 nitrogen and oxygen atoms in total. The van der Waals surface area contributed by atoms with Crippen LogP contribution in [0, 0.1) is 0 Å². The minimum atomic E-state index is -0.459. The Morgan fingerprint density at radius 3 is 2.55 bits per heavy atom. The maximum absolute atomic E-state index is 12.1. The Bertz CT molecular complexity index is 693. The van der Waals surface area contributed by atoms with Gasteiger partial charge in [0.05, 0.1) is 26.3 Å². The van der Waals surface area contributed by atoms with E-state index in [2.05, 4.69) is 26.2 Å². The maximum Gasteiger partial charge on any atom is 0.257 e. The van der Waals surface area contributed by atoms with Crippen LogP contribution in [0.4, 0.5) is 5.69 Å². The summed E-state index contributed by atoms with van der Waals surface area (Å²) in [4.78, 5) is 15.9. The molecule has 0 unspecified atom stereocenters. The predicted octanol–water partition coefficient (Wildman–Crippen LogP) is 5.71. The van der Waals surface area contributed by atoms with Crippen LogP contribution in [0.5, 0.6) is 0 Å². The zero-order valence-electron chi connectivity index (χ0n) is 9.55. The van der Waals surface area contributed by atoms with E-state index in [9.17, 15) is 4.79 Å². The molecule has 0 spiro atoms. The average Bonchev–Trinajstić information content (AvgIpc) is 2.42. The Balaban J connectivity index is 2.33. The Morgan fingerprint density at radius 2 is 1.85 bits per heavy atom. The summed E-state index contributed by atoms with van der Waals surface area (Å²) in [6.07, 6.45) is 1.30. The van der Waals surface area contributed by atoms with Crippen molar-refractivity contribution in [2.24, 2.45) is 0 Å². The highest BCUT2D eigenvalue weighted by atomic mass is 79.9. The monoisotopic (exact) mass is 412 g/mol. The fourth-order valence-corrected chi connectivity index (χ4v) is 2.57. The summed E-state index contributed by atoms with van der Waals surface area (Å²) in [5, 5.41) is 3.50. The predicted molar refractivity (Wildman–Crippen MR) is 86.4 cm³/mol. The van der Waals surface area contributed by atoms with Crippen molar-refractivity contribution in [1.29, 1.82) is 0 Å². The first-order valence-electron chi connectivity index (χ1n) is 5.16. The van der Waals surface area contributed by atoms with Gasteiger partial charge in [0, 0.05) is 10.7 Å². The molecule has 0 saturated heterocycles. The summed E-state index contributed by atoms with van der Waals surface area (Å²) in [6, 6.07) is 4.66. The molecule has 104 valence electrons. The van der Waals surface area contributed by atoms with E-state index in [0.29, 0.717) is 15.2 Å². The lowest BCUT2D eigenvalue weighted by Crippen LogP contribution is -2.13. The van der Waals surface area contributed by atoms with E-state index < -0.39 is 5.91 Å². The summed E-state index contributed by atoms with van der Waals surface area (Å²) in [5.74, 6) is -0.459. The number of rotatable bonds is 2. The number of aromatic nitrogens is 1. The van der Waals surface area contributed by atoms with E-state index in [1.54, 1.807) is 12.1 Å². The van der Waals surface area contributed by atoms with Crippen molar-refractivity contribution in [2.75, 3.05) is 5.32 Å². The van der Waals surface area contributed by atoms with Gasteiger partial charge in [-0.3, -0.25) is 4.79 Å². The molecule has 0 aliphatic carbocycles. The first kappa shape index (κ1) is 15.9. The van der Waals surface area contributed by atoms with Crippen molar-refractivity contribution in [3.8, 4) is 0 Å². The minimum Gasteiger partial charge on any atom is -0.321 e. The molecule has 0 aliphatic rings. The van der Waals surface area contributed by atoms with Gasteiger partial charge in [0.25, 0.3) is 5.91 Å². The van der Waals surface area contributed by atoms with E-state index in [1.165, 1.54) is 12.3 Å². The van der Waals surface area contributed by atoms with Gasteiger partial charge in [-0.05, 0) is 34.1 Å². The lowest BCUT2D eigenvalue weighted by atomic mass is 10.2. The summed E-state index contributed by atoms with van der Waals surface area (Å²) in [7, 11) is 0. The number of halogens is 5. The first-order valence-corrected chi connectivity index (χ1v) is 7.46. The molecule has 0 fully saturated rings. The molecule has 0 aliphatic heterocycles. The molecule has 1 N–H and O–H groups in total. The average molecular weight is 415 g/mol. The van der Waals surface area contributed by atoms with E-state index in [1.807, 2.05) is 0 Å². The van der Waals surface area contributed by atoms with Gasteiger partial charge in [-0.25, -0.2) is 4.98 Å². The van der Waals surface area contributed by atoms with Crippen LogP contribution < -0.4 is 5.32 Å². The maximum atomic E-state index is 12.1. The van der Waals surface area contributed by atoms with Crippen LogP contribution in [0.25, 0.3) is 0 Å². The van der Waals surface area contributed by atoms with Crippen molar-refractivity contribution in [3.05, 3.63) is 54.7 Å². The van der Waals surface area contributed by atoms with Crippen molar-refractivity contribution in [2.45, 2.75) is 0 Å². The molecule has 2 rings (SSSR count). The van der Waals surface area contributed by atoms with Crippen LogP contribution in [0.3, 0.4) is 0 Å². The van der Waals surface area contributed by atoms with Crippen molar-refractivity contribution >= 4 is 73.9 Å². The number of benzene rings is 1. The molecule has 0 atom stereocenters. The molecule has 20 heavy (non-hydrogen) atoms. The van der Waals surface area contributed by atoms with Crippen molar-refractivity contribution < 1.29 is 4.79 Å². The van der Waals surface area contributed by atoms with Crippen molar-refractivity contribution in [3.63, 3.8) is 0 Å².